The highest BCUT2D eigenvalue weighted by molar-refractivity contribution is 6.31. The van der Waals surface area contributed by atoms with E-state index < -0.39 is 18.0 Å². The molecule has 0 aliphatic heterocycles. The van der Waals surface area contributed by atoms with Crippen LogP contribution in [-0.4, -0.2) is 12.0 Å². The molecule has 2 amide bonds. The number of primary amides is 1. The molecule has 1 atom stereocenters. The van der Waals surface area contributed by atoms with E-state index in [4.69, 9.17) is 17.3 Å². The lowest BCUT2D eigenvalue weighted by atomic mass is 10.0. The van der Waals surface area contributed by atoms with E-state index in [1.165, 1.54) is 0 Å². The van der Waals surface area contributed by atoms with E-state index in [2.05, 4.69) is 5.32 Å². The third kappa shape index (κ3) is 3.43. The number of amides is 2. The molecule has 0 aliphatic rings. The standard InChI is InChI=1S/C10H11ClN2O3/c11-7-4-2-1-3-6(7)8(5-9(14)15)13-10(12)16/h1-4,8H,5H2,(H,14,15)(H3,12,13,16)/p-1/t8-/m0/s1. The number of halogens is 1. The van der Waals surface area contributed by atoms with Gasteiger partial charge in [0.05, 0.1) is 6.04 Å². The van der Waals surface area contributed by atoms with Crippen LogP contribution in [0.5, 0.6) is 0 Å². The van der Waals surface area contributed by atoms with Crippen molar-refractivity contribution >= 4 is 23.6 Å². The first-order valence-corrected chi connectivity index (χ1v) is 4.88. The Hall–Kier alpha value is -1.75. The van der Waals surface area contributed by atoms with Crippen LogP contribution in [0, 0.1) is 0 Å². The first-order chi connectivity index (χ1) is 7.50. The Morgan fingerprint density at radius 2 is 2.06 bits per heavy atom. The van der Waals surface area contributed by atoms with Crippen molar-refractivity contribution in [2.75, 3.05) is 0 Å². The van der Waals surface area contributed by atoms with Crippen molar-refractivity contribution in [3.63, 3.8) is 0 Å². The smallest absolute Gasteiger partial charge is 0.312 e. The lowest BCUT2D eigenvalue weighted by Crippen LogP contribution is -2.37. The van der Waals surface area contributed by atoms with Gasteiger partial charge < -0.3 is 21.0 Å². The van der Waals surface area contributed by atoms with Crippen molar-refractivity contribution in [3.8, 4) is 0 Å². The van der Waals surface area contributed by atoms with Crippen LogP contribution in [-0.2, 0) is 4.79 Å². The molecular weight excluding hydrogens is 232 g/mol. The second kappa shape index (κ2) is 5.37. The van der Waals surface area contributed by atoms with Gasteiger partial charge in [0.25, 0.3) is 0 Å². The molecule has 0 spiro atoms. The van der Waals surface area contributed by atoms with Crippen LogP contribution in [0.2, 0.25) is 5.02 Å². The summed E-state index contributed by atoms with van der Waals surface area (Å²) in [7, 11) is 0. The van der Waals surface area contributed by atoms with Crippen molar-refractivity contribution in [3.05, 3.63) is 34.9 Å². The summed E-state index contributed by atoms with van der Waals surface area (Å²) >= 11 is 5.88. The number of carboxylic acid groups (broad SMARTS) is 1. The van der Waals surface area contributed by atoms with Gasteiger partial charge in [0, 0.05) is 17.4 Å². The molecule has 0 fully saturated rings. The van der Waals surface area contributed by atoms with Crippen LogP contribution in [0.15, 0.2) is 24.3 Å². The van der Waals surface area contributed by atoms with Gasteiger partial charge in [0.2, 0.25) is 0 Å². The molecule has 1 rings (SSSR count). The maximum atomic E-state index is 10.7. The Kier molecular flexibility index (Phi) is 4.13. The van der Waals surface area contributed by atoms with Crippen molar-refractivity contribution in [1.29, 1.82) is 0 Å². The van der Waals surface area contributed by atoms with Gasteiger partial charge in [-0.3, -0.25) is 0 Å². The zero-order valence-corrected chi connectivity index (χ0v) is 9.03. The summed E-state index contributed by atoms with van der Waals surface area (Å²) in [5.41, 5.74) is 5.44. The number of carbonyl (C=O) groups excluding carboxylic acids is 2. The number of aliphatic carboxylic acids is 1. The van der Waals surface area contributed by atoms with Gasteiger partial charge in [0.15, 0.2) is 0 Å². The molecule has 1 aromatic rings. The summed E-state index contributed by atoms with van der Waals surface area (Å²) in [6.07, 6.45) is -0.382. The van der Waals surface area contributed by atoms with Gasteiger partial charge in [-0.05, 0) is 11.6 Å². The van der Waals surface area contributed by atoms with E-state index >= 15 is 0 Å². The summed E-state index contributed by atoms with van der Waals surface area (Å²) in [6, 6.07) is 5.01. The van der Waals surface area contributed by atoms with Gasteiger partial charge in [-0.1, -0.05) is 29.8 Å². The number of nitrogens with two attached hydrogens (primary N) is 1. The molecule has 0 heterocycles. The Bertz CT molecular complexity index is 393. The second-order valence-corrected chi connectivity index (χ2v) is 3.57. The molecule has 0 bridgehead atoms. The topological polar surface area (TPSA) is 95.2 Å². The minimum atomic E-state index is -1.29. The molecule has 86 valence electrons. The van der Waals surface area contributed by atoms with Crippen molar-refractivity contribution in [2.45, 2.75) is 12.5 Å². The number of nitrogens with one attached hydrogen (secondary N) is 1. The minimum absolute atomic E-state index is 0.363. The van der Waals surface area contributed by atoms with Gasteiger partial charge >= 0.3 is 6.03 Å². The van der Waals surface area contributed by atoms with Crippen LogP contribution in [0.1, 0.15) is 18.0 Å². The predicted molar refractivity (Wildman–Crippen MR) is 56.5 cm³/mol. The van der Waals surface area contributed by atoms with E-state index in [1.807, 2.05) is 0 Å². The van der Waals surface area contributed by atoms with Gasteiger partial charge in [-0.2, -0.15) is 0 Å². The van der Waals surface area contributed by atoms with Crippen molar-refractivity contribution < 1.29 is 14.7 Å². The third-order valence-corrected chi connectivity index (χ3v) is 2.31. The first-order valence-electron chi connectivity index (χ1n) is 4.51. The maximum Gasteiger partial charge on any atom is 0.312 e. The Labute approximate surface area is 97.2 Å². The van der Waals surface area contributed by atoms with E-state index in [9.17, 15) is 14.7 Å². The monoisotopic (exact) mass is 241 g/mol. The number of carboxylic acids is 1. The summed E-state index contributed by atoms with van der Waals surface area (Å²) < 4.78 is 0. The molecule has 0 saturated carbocycles. The molecule has 0 aromatic heterocycles. The first kappa shape index (κ1) is 12.3. The lowest BCUT2D eigenvalue weighted by Gasteiger charge is -2.19. The quantitative estimate of drug-likeness (QED) is 0.788. The molecule has 6 heteroatoms. The largest absolute Gasteiger partial charge is 0.550 e. The number of hydrogen-bond acceptors (Lipinski definition) is 3. The molecule has 0 unspecified atom stereocenters. The molecule has 1 aromatic carbocycles. The lowest BCUT2D eigenvalue weighted by molar-refractivity contribution is -0.306. The molecule has 0 saturated heterocycles. The molecule has 0 aliphatic carbocycles. The fraction of sp³-hybridized carbons (Fsp3) is 0.200. The Morgan fingerprint density at radius 3 is 2.56 bits per heavy atom. The maximum absolute atomic E-state index is 10.7. The van der Waals surface area contributed by atoms with Crippen LogP contribution in [0.4, 0.5) is 4.79 Å². The van der Waals surface area contributed by atoms with E-state index in [0.717, 1.165) is 0 Å². The molecule has 3 N–H and O–H groups in total. The number of urea groups is 1. The summed E-state index contributed by atoms with van der Waals surface area (Å²) in [4.78, 5) is 21.3. The zero-order chi connectivity index (χ0) is 12.1. The average Bonchev–Trinajstić information content (AvgIpc) is 2.15. The Balaban J connectivity index is 2.96. The van der Waals surface area contributed by atoms with Crippen LogP contribution < -0.4 is 16.2 Å². The van der Waals surface area contributed by atoms with Gasteiger partial charge in [-0.25, -0.2) is 4.79 Å². The highest BCUT2D eigenvalue weighted by Crippen LogP contribution is 2.24. The highest BCUT2D eigenvalue weighted by Gasteiger charge is 2.15. The fourth-order valence-corrected chi connectivity index (χ4v) is 1.60. The second-order valence-electron chi connectivity index (χ2n) is 3.16. The van der Waals surface area contributed by atoms with E-state index in [1.54, 1.807) is 24.3 Å². The summed E-state index contributed by atoms with van der Waals surface area (Å²) in [6.45, 7) is 0. The Morgan fingerprint density at radius 1 is 1.44 bits per heavy atom. The minimum Gasteiger partial charge on any atom is -0.550 e. The zero-order valence-electron chi connectivity index (χ0n) is 8.27. The number of rotatable bonds is 4. The van der Waals surface area contributed by atoms with E-state index in [-0.39, 0.29) is 6.42 Å². The summed E-state index contributed by atoms with van der Waals surface area (Å²) in [5.74, 6) is -1.29. The van der Waals surface area contributed by atoms with E-state index in [0.29, 0.717) is 10.6 Å². The highest BCUT2D eigenvalue weighted by atomic mass is 35.5. The van der Waals surface area contributed by atoms with Crippen LogP contribution in [0.3, 0.4) is 0 Å². The van der Waals surface area contributed by atoms with Crippen LogP contribution >= 0.6 is 11.6 Å². The molecule has 16 heavy (non-hydrogen) atoms. The number of benzene rings is 1. The molecular formula is C10H10ClN2O3-. The average molecular weight is 242 g/mol. The molecule has 5 nitrogen and oxygen atoms in total. The summed E-state index contributed by atoms with van der Waals surface area (Å²) in [5, 5.41) is 13.2. The van der Waals surface area contributed by atoms with Crippen molar-refractivity contribution in [2.24, 2.45) is 5.73 Å². The normalized spacial score (nSPS) is 11.8. The fourth-order valence-electron chi connectivity index (χ4n) is 1.33. The third-order valence-electron chi connectivity index (χ3n) is 1.97. The molecule has 0 radical (unpaired) electrons. The van der Waals surface area contributed by atoms with Gasteiger partial charge in [-0.15, -0.1) is 0 Å². The van der Waals surface area contributed by atoms with Crippen LogP contribution in [0.25, 0.3) is 0 Å². The number of hydrogen-bond donors (Lipinski definition) is 2. The number of carbonyl (C=O) groups is 2. The van der Waals surface area contributed by atoms with Gasteiger partial charge in [0.1, 0.15) is 0 Å². The predicted octanol–water partition coefficient (Wildman–Crippen LogP) is 0.189. The van der Waals surface area contributed by atoms with Crippen molar-refractivity contribution in [1.82, 2.24) is 5.32 Å². The SMILES string of the molecule is NC(=O)N[C@@H](CC(=O)[O-])c1ccccc1Cl.